The van der Waals surface area contributed by atoms with Crippen molar-refractivity contribution in [1.82, 2.24) is 5.43 Å². The summed E-state index contributed by atoms with van der Waals surface area (Å²) in [4.78, 5) is 0. The fourth-order valence-electron chi connectivity index (χ4n) is 1.73. The van der Waals surface area contributed by atoms with Gasteiger partial charge in [-0.25, -0.2) is 0 Å². The molecule has 0 spiro atoms. The molecule has 2 heteroatoms. The number of hydrogen-bond acceptors (Lipinski definition) is 2. The number of hydrogen-bond donors (Lipinski definition) is 2. The zero-order valence-corrected chi connectivity index (χ0v) is 10.5. The Balaban J connectivity index is 3.48. The Morgan fingerprint density at radius 3 is 2.40 bits per heavy atom. The Morgan fingerprint density at radius 2 is 1.87 bits per heavy atom. The second-order valence-electron chi connectivity index (χ2n) is 4.37. The molecule has 0 aliphatic heterocycles. The van der Waals surface area contributed by atoms with Gasteiger partial charge < -0.3 is 0 Å². The van der Waals surface area contributed by atoms with Gasteiger partial charge in [-0.05, 0) is 19.3 Å². The van der Waals surface area contributed by atoms with E-state index in [-0.39, 0.29) is 0 Å². The third-order valence-electron chi connectivity index (χ3n) is 2.93. The van der Waals surface area contributed by atoms with E-state index < -0.39 is 0 Å². The molecule has 0 aromatic rings. The van der Waals surface area contributed by atoms with E-state index in [1.165, 1.54) is 44.1 Å². The van der Waals surface area contributed by atoms with E-state index in [4.69, 9.17) is 5.84 Å². The Hall–Kier alpha value is -0.340. The molecule has 0 aromatic carbocycles. The Morgan fingerprint density at radius 1 is 1.20 bits per heavy atom. The van der Waals surface area contributed by atoms with Gasteiger partial charge in [0.15, 0.2) is 0 Å². The van der Waals surface area contributed by atoms with Crippen LogP contribution in [0.4, 0.5) is 0 Å². The van der Waals surface area contributed by atoms with Gasteiger partial charge in [-0.2, -0.15) is 0 Å². The smallest absolute Gasteiger partial charge is 0.0247 e. The summed E-state index contributed by atoms with van der Waals surface area (Å²) in [7, 11) is 0. The van der Waals surface area contributed by atoms with Gasteiger partial charge in [-0.3, -0.25) is 11.3 Å². The lowest BCUT2D eigenvalue weighted by molar-refractivity contribution is 0.457. The molecular weight excluding hydrogens is 184 g/mol. The van der Waals surface area contributed by atoms with Gasteiger partial charge in [0.2, 0.25) is 0 Å². The maximum Gasteiger partial charge on any atom is 0.0247 e. The lowest BCUT2D eigenvalue weighted by Crippen LogP contribution is -2.35. The molecule has 90 valence electrons. The monoisotopic (exact) mass is 212 g/mol. The van der Waals surface area contributed by atoms with E-state index in [1.54, 1.807) is 0 Å². The minimum Gasteiger partial charge on any atom is -0.271 e. The van der Waals surface area contributed by atoms with Crippen LogP contribution in [0, 0.1) is 0 Å². The molecule has 0 fully saturated rings. The molecule has 3 N–H and O–H groups in total. The molecule has 2 nitrogen and oxygen atoms in total. The standard InChI is InChI=1S/C13H28N2/c1-4-6-7-8-9-10-13(15-14)11-12(3)5-2/h13,15H,3-11,14H2,1-2H3. The zero-order valence-electron chi connectivity index (χ0n) is 10.5. The van der Waals surface area contributed by atoms with Crippen molar-refractivity contribution in [3.05, 3.63) is 12.2 Å². The second kappa shape index (κ2) is 10.2. The van der Waals surface area contributed by atoms with Gasteiger partial charge in [-0.15, -0.1) is 0 Å². The SMILES string of the molecule is C=C(CC)CC(CCCCCCC)NN. The Labute approximate surface area is 95.3 Å². The third kappa shape index (κ3) is 8.64. The van der Waals surface area contributed by atoms with E-state index >= 15 is 0 Å². The molecule has 1 unspecified atom stereocenters. The van der Waals surface area contributed by atoms with Crippen molar-refractivity contribution in [2.45, 2.75) is 71.3 Å². The summed E-state index contributed by atoms with van der Waals surface area (Å²) in [5, 5.41) is 0. The van der Waals surface area contributed by atoms with E-state index in [0.29, 0.717) is 6.04 Å². The molecule has 0 saturated heterocycles. The zero-order chi connectivity index (χ0) is 11.5. The van der Waals surface area contributed by atoms with Gasteiger partial charge in [0, 0.05) is 6.04 Å². The summed E-state index contributed by atoms with van der Waals surface area (Å²) in [5.41, 5.74) is 4.20. The molecule has 0 aromatic heterocycles. The molecule has 0 radical (unpaired) electrons. The summed E-state index contributed by atoms with van der Waals surface area (Å²) in [6.45, 7) is 8.42. The van der Waals surface area contributed by atoms with Crippen molar-refractivity contribution in [3.8, 4) is 0 Å². The molecule has 0 bridgehead atoms. The molecule has 0 saturated carbocycles. The molecular formula is C13H28N2. The van der Waals surface area contributed by atoms with Crippen LogP contribution in [0.3, 0.4) is 0 Å². The van der Waals surface area contributed by atoms with E-state index in [2.05, 4.69) is 25.9 Å². The molecule has 0 heterocycles. The highest BCUT2D eigenvalue weighted by Crippen LogP contribution is 2.13. The maximum atomic E-state index is 5.53. The Bertz CT molecular complexity index is 155. The van der Waals surface area contributed by atoms with E-state index in [1.807, 2.05) is 0 Å². The fourth-order valence-corrected chi connectivity index (χ4v) is 1.73. The number of rotatable bonds is 10. The van der Waals surface area contributed by atoms with Gasteiger partial charge >= 0.3 is 0 Å². The topological polar surface area (TPSA) is 38.0 Å². The largest absolute Gasteiger partial charge is 0.271 e. The van der Waals surface area contributed by atoms with Crippen LogP contribution in [0.5, 0.6) is 0 Å². The number of nitrogens with two attached hydrogens (primary N) is 1. The highest BCUT2D eigenvalue weighted by Gasteiger charge is 2.06. The summed E-state index contributed by atoms with van der Waals surface area (Å²) in [6.07, 6.45) is 9.93. The lowest BCUT2D eigenvalue weighted by Gasteiger charge is -2.16. The van der Waals surface area contributed by atoms with Crippen molar-refractivity contribution in [2.24, 2.45) is 5.84 Å². The lowest BCUT2D eigenvalue weighted by atomic mass is 10.00. The van der Waals surface area contributed by atoms with Gasteiger partial charge in [0.05, 0.1) is 0 Å². The molecule has 0 rings (SSSR count). The van der Waals surface area contributed by atoms with Gasteiger partial charge in [0.1, 0.15) is 0 Å². The predicted molar refractivity (Wildman–Crippen MR) is 68.5 cm³/mol. The molecule has 15 heavy (non-hydrogen) atoms. The van der Waals surface area contributed by atoms with Crippen molar-refractivity contribution in [1.29, 1.82) is 0 Å². The highest BCUT2D eigenvalue weighted by molar-refractivity contribution is 4.95. The first-order chi connectivity index (χ1) is 7.24. The summed E-state index contributed by atoms with van der Waals surface area (Å²) in [5.74, 6) is 5.53. The van der Waals surface area contributed by atoms with Crippen LogP contribution in [0.25, 0.3) is 0 Å². The summed E-state index contributed by atoms with van der Waals surface area (Å²) in [6, 6.07) is 0.430. The normalized spacial score (nSPS) is 12.7. The van der Waals surface area contributed by atoms with Crippen LogP contribution < -0.4 is 11.3 Å². The van der Waals surface area contributed by atoms with E-state index in [9.17, 15) is 0 Å². The number of unbranched alkanes of at least 4 members (excludes halogenated alkanes) is 4. The fraction of sp³-hybridized carbons (Fsp3) is 0.846. The highest BCUT2D eigenvalue weighted by atomic mass is 15.2. The summed E-state index contributed by atoms with van der Waals surface area (Å²) >= 11 is 0. The number of hydrazine groups is 1. The van der Waals surface area contributed by atoms with Gasteiger partial charge in [0.25, 0.3) is 0 Å². The average Bonchev–Trinajstić information content (AvgIpc) is 2.26. The molecule has 0 aliphatic carbocycles. The first kappa shape index (κ1) is 14.7. The first-order valence-electron chi connectivity index (χ1n) is 6.37. The predicted octanol–water partition coefficient (Wildman–Crippen LogP) is 3.54. The van der Waals surface area contributed by atoms with E-state index in [0.717, 1.165) is 12.8 Å². The van der Waals surface area contributed by atoms with Crippen molar-refractivity contribution in [3.63, 3.8) is 0 Å². The summed E-state index contributed by atoms with van der Waals surface area (Å²) < 4.78 is 0. The van der Waals surface area contributed by atoms with Crippen LogP contribution in [0.2, 0.25) is 0 Å². The van der Waals surface area contributed by atoms with Gasteiger partial charge in [-0.1, -0.05) is 58.1 Å². The minimum atomic E-state index is 0.430. The van der Waals surface area contributed by atoms with Crippen LogP contribution >= 0.6 is 0 Å². The molecule has 0 amide bonds. The molecule has 1 atom stereocenters. The number of nitrogens with one attached hydrogen (secondary N) is 1. The Kier molecular flexibility index (Phi) is 9.96. The van der Waals surface area contributed by atoms with Crippen molar-refractivity contribution >= 4 is 0 Å². The van der Waals surface area contributed by atoms with Crippen LogP contribution in [0.15, 0.2) is 12.2 Å². The van der Waals surface area contributed by atoms with Crippen LogP contribution in [-0.4, -0.2) is 6.04 Å². The first-order valence-corrected chi connectivity index (χ1v) is 6.37. The third-order valence-corrected chi connectivity index (χ3v) is 2.93. The maximum absolute atomic E-state index is 5.53. The van der Waals surface area contributed by atoms with Crippen LogP contribution in [-0.2, 0) is 0 Å². The van der Waals surface area contributed by atoms with Crippen LogP contribution in [0.1, 0.15) is 65.2 Å². The molecule has 0 aliphatic rings. The van der Waals surface area contributed by atoms with Crippen molar-refractivity contribution in [2.75, 3.05) is 0 Å². The quantitative estimate of drug-likeness (QED) is 0.251. The average molecular weight is 212 g/mol. The second-order valence-corrected chi connectivity index (χ2v) is 4.37. The van der Waals surface area contributed by atoms with Crippen molar-refractivity contribution < 1.29 is 0 Å². The minimum absolute atomic E-state index is 0.430.